The first-order chi connectivity index (χ1) is 8.22. The third-order valence-corrected chi connectivity index (χ3v) is 2.85. The van der Waals surface area contributed by atoms with Crippen LogP contribution in [0.3, 0.4) is 0 Å². The zero-order valence-corrected chi connectivity index (χ0v) is 9.81. The number of unbranched alkanes of at least 4 members (excludes halogenated alkanes) is 1. The molecular formula is C14H15NO2. The van der Waals surface area contributed by atoms with E-state index < -0.39 is 5.97 Å². The molecule has 0 bridgehead atoms. The first-order valence-corrected chi connectivity index (χ1v) is 5.83. The summed E-state index contributed by atoms with van der Waals surface area (Å²) in [6.07, 6.45) is 4.78. The predicted octanol–water partition coefficient (Wildman–Crippen LogP) is 3.28. The van der Waals surface area contributed by atoms with E-state index in [0.717, 1.165) is 30.0 Å². The van der Waals surface area contributed by atoms with Crippen LogP contribution in [-0.4, -0.2) is 16.1 Å². The summed E-state index contributed by atoms with van der Waals surface area (Å²) in [6.45, 7) is 2.14. The third-order valence-electron chi connectivity index (χ3n) is 2.85. The van der Waals surface area contributed by atoms with E-state index in [2.05, 4.69) is 18.0 Å². The average molecular weight is 229 g/mol. The first kappa shape index (κ1) is 11.6. The Morgan fingerprint density at radius 2 is 2.18 bits per heavy atom. The molecule has 0 spiro atoms. The molecule has 0 radical (unpaired) electrons. The summed E-state index contributed by atoms with van der Waals surface area (Å²) in [5.41, 5.74) is 1.32. The molecule has 3 nitrogen and oxygen atoms in total. The van der Waals surface area contributed by atoms with E-state index in [1.54, 1.807) is 0 Å². The van der Waals surface area contributed by atoms with Gasteiger partial charge in [-0.15, -0.1) is 0 Å². The van der Waals surface area contributed by atoms with Crippen molar-refractivity contribution in [3.05, 3.63) is 41.7 Å². The molecule has 0 aliphatic carbocycles. The van der Waals surface area contributed by atoms with Crippen molar-refractivity contribution in [2.24, 2.45) is 0 Å². The Hall–Kier alpha value is -1.90. The molecule has 1 aromatic heterocycles. The fourth-order valence-electron chi connectivity index (χ4n) is 1.92. The van der Waals surface area contributed by atoms with E-state index >= 15 is 0 Å². The monoisotopic (exact) mass is 229 g/mol. The van der Waals surface area contributed by atoms with Crippen LogP contribution in [0.25, 0.3) is 10.8 Å². The minimum absolute atomic E-state index is 0.140. The van der Waals surface area contributed by atoms with Crippen molar-refractivity contribution in [2.45, 2.75) is 26.2 Å². The lowest BCUT2D eigenvalue weighted by Gasteiger charge is -2.05. The van der Waals surface area contributed by atoms with Crippen LogP contribution in [0.5, 0.6) is 0 Å². The molecular weight excluding hydrogens is 214 g/mol. The third kappa shape index (κ3) is 2.44. The van der Waals surface area contributed by atoms with E-state index in [1.165, 1.54) is 11.8 Å². The molecule has 17 heavy (non-hydrogen) atoms. The van der Waals surface area contributed by atoms with E-state index in [-0.39, 0.29) is 5.69 Å². The fourth-order valence-corrected chi connectivity index (χ4v) is 1.92. The molecule has 0 amide bonds. The number of rotatable bonds is 4. The number of aromatic carboxylic acids is 1. The largest absolute Gasteiger partial charge is 0.476 e. The lowest BCUT2D eigenvalue weighted by molar-refractivity contribution is 0.0693. The molecule has 2 aromatic rings. The Morgan fingerprint density at radius 3 is 2.88 bits per heavy atom. The Morgan fingerprint density at radius 1 is 1.35 bits per heavy atom. The predicted molar refractivity (Wildman–Crippen MR) is 67.3 cm³/mol. The maximum absolute atomic E-state index is 11.1. The minimum Gasteiger partial charge on any atom is -0.476 e. The summed E-state index contributed by atoms with van der Waals surface area (Å²) in [6, 6.07) is 7.81. The lowest BCUT2D eigenvalue weighted by Crippen LogP contribution is -2.01. The molecule has 3 heteroatoms. The van der Waals surface area contributed by atoms with Crippen molar-refractivity contribution < 1.29 is 9.90 Å². The van der Waals surface area contributed by atoms with Gasteiger partial charge in [-0.2, -0.15) is 0 Å². The summed E-state index contributed by atoms with van der Waals surface area (Å²) in [4.78, 5) is 15.0. The number of carboxylic acids is 1. The van der Waals surface area contributed by atoms with Crippen LogP contribution in [0.4, 0.5) is 0 Å². The number of benzene rings is 1. The van der Waals surface area contributed by atoms with Crippen molar-refractivity contribution in [2.75, 3.05) is 0 Å². The van der Waals surface area contributed by atoms with Gasteiger partial charge in [0.1, 0.15) is 0 Å². The van der Waals surface area contributed by atoms with Crippen LogP contribution in [0.1, 0.15) is 35.8 Å². The van der Waals surface area contributed by atoms with Gasteiger partial charge in [-0.25, -0.2) is 9.78 Å². The number of carboxylic acid groups (broad SMARTS) is 1. The summed E-state index contributed by atoms with van der Waals surface area (Å²) in [7, 11) is 0. The number of pyridine rings is 1. The van der Waals surface area contributed by atoms with E-state index in [9.17, 15) is 4.79 Å². The normalized spacial score (nSPS) is 10.6. The molecule has 1 aromatic carbocycles. The van der Waals surface area contributed by atoms with Crippen LogP contribution < -0.4 is 0 Å². The van der Waals surface area contributed by atoms with E-state index in [1.807, 2.05) is 18.2 Å². The Labute approximate surface area is 100 Å². The van der Waals surface area contributed by atoms with Crippen molar-refractivity contribution in [3.8, 4) is 0 Å². The number of aryl methyl sites for hydroxylation is 1. The van der Waals surface area contributed by atoms with E-state index in [4.69, 9.17) is 5.11 Å². The molecule has 0 saturated heterocycles. The van der Waals surface area contributed by atoms with Crippen LogP contribution >= 0.6 is 0 Å². The second-order valence-corrected chi connectivity index (χ2v) is 4.12. The fraction of sp³-hybridized carbons (Fsp3) is 0.286. The number of hydrogen-bond acceptors (Lipinski definition) is 2. The highest BCUT2D eigenvalue weighted by molar-refractivity contribution is 6.01. The molecule has 88 valence electrons. The standard InChI is InChI=1S/C14H15NO2/c1-2-3-4-10-5-6-11-7-8-15-13(14(16)17)12(11)9-10/h5-9H,2-4H2,1H3,(H,16,17). The summed E-state index contributed by atoms with van der Waals surface area (Å²) in [5.74, 6) is -0.969. The number of nitrogens with zero attached hydrogens (tertiary/aromatic N) is 1. The molecule has 0 aliphatic heterocycles. The molecule has 0 atom stereocenters. The van der Waals surface area contributed by atoms with Gasteiger partial charge in [-0.3, -0.25) is 0 Å². The molecule has 2 rings (SSSR count). The highest BCUT2D eigenvalue weighted by Crippen LogP contribution is 2.19. The topological polar surface area (TPSA) is 50.2 Å². The van der Waals surface area contributed by atoms with Gasteiger partial charge in [-0.1, -0.05) is 25.5 Å². The van der Waals surface area contributed by atoms with Gasteiger partial charge >= 0.3 is 5.97 Å². The Kier molecular flexibility index (Phi) is 3.38. The molecule has 0 saturated carbocycles. The smallest absolute Gasteiger partial charge is 0.355 e. The lowest BCUT2D eigenvalue weighted by atomic mass is 10.0. The maximum Gasteiger partial charge on any atom is 0.355 e. The van der Waals surface area contributed by atoms with Gasteiger partial charge in [0.2, 0.25) is 0 Å². The maximum atomic E-state index is 11.1. The number of carbonyl (C=O) groups is 1. The van der Waals surface area contributed by atoms with Crippen molar-refractivity contribution >= 4 is 16.7 Å². The number of aromatic nitrogens is 1. The SMILES string of the molecule is CCCCc1ccc2ccnc(C(=O)O)c2c1. The van der Waals surface area contributed by atoms with Gasteiger partial charge in [0.15, 0.2) is 5.69 Å². The highest BCUT2D eigenvalue weighted by Gasteiger charge is 2.09. The van der Waals surface area contributed by atoms with Gasteiger partial charge < -0.3 is 5.11 Å². The molecule has 1 N–H and O–H groups in total. The zero-order valence-electron chi connectivity index (χ0n) is 9.81. The quantitative estimate of drug-likeness (QED) is 0.875. The van der Waals surface area contributed by atoms with E-state index in [0.29, 0.717) is 0 Å². The minimum atomic E-state index is -0.969. The van der Waals surface area contributed by atoms with Crippen molar-refractivity contribution in [1.82, 2.24) is 4.98 Å². The van der Waals surface area contributed by atoms with Crippen LogP contribution in [-0.2, 0) is 6.42 Å². The van der Waals surface area contributed by atoms with Gasteiger partial charge in [0, 0.05) is 11.6 Å². The van der Waals surface area contributed by atoms with Gasteiger partial charge in [0.25, 0.3) is 0 Å². The summed E-state index contributed by atoms with van der Waals surface area (Å²) < 4.78 is 0. The second-order valence-electron chi connectivity index (χ2n) is 4.12. The van der Waals surface area contributed by atoms with Gasteiger partial charge in [0.05, 0.1) is 0 Å². The highest BCUT2D eigenvalue weighted by atomic mass is 16.4. The Bertz CT molecular complexity index is 549. The van der Waals surface area contributed by atoms with Crippen LogP contribution in [0.2, 0.25) is 0 Å². The zero-order chi connectivity index (χ0) is 12.3. The second kappa shape index (κ2) is 4.95. The average Bonchev–Trinajstić information content (AvgIpc) is 2.35. The van der Waals surface area contributed by atoms with Crippen LogP contribution in [0.15, 0.2) is 30.5 Å². The molecule has 1 heterocycles. The number of hydrogen-bond donors (Lipinski definition) is 1. The molecule has 0 fully saturated rings. The molecule has 0 aliphatic rings. The van der Waals surface area contributed by atoms with Crippen molar-refractivity contribution in [3.63, 3.8) is 0 Å². The summed E-state index contributed by atoms with van der Waals surface area (Å²) in [5, 5.41) is 10.7. The first-order valence-electron chi connectivity index (χ1n) is 5.83. The summed E-state index contributed by atoms with van der Waals surface area (Å²) >= 11 is 0. The van der Waals surface area contributed by atoms with Crippen LogP contribution in [0, 0.1) is 0 Å². The Balaban J connectivity index is 2.50. The van der Waals surface area contributed by atoms with Gasteiger partial charge in [-0.05, 0) is 35.9 Å². The molecule has 0 unspecified atom stereocenters. The number of fused-ring (bicyclic) bond motifs is 1. The van der Waals surface area contributed by atoms with Crippen molar-refractivity contribution in [1.29, 1.82) is 0 Å².